The van der Waals surface area contributed by atoms with E-state index in [4.69, 9.17) is 4.74 Å². The molecule has 1 amide bonds. The second kappa shape index (κ2) is 7.24. The van der Waals surface area contributed by atoms with Crippen LogP contribution in [-0.2, 0) is 4.74 Å². The van der Waals surface area contributed by atoms with Crippen molar-refractivity contribution < 1.29 is 24.5 Å². The molecule has 0 saturated heterocycles. The lowest BCUT2D eigenvalue weighted by atomic mass is 10.0. The van der Waals surface area contributed by atoms with E-state index in [0.717, 1.165) is 0 Å². The lowest BCUT2D eigenvalue weighted by Crippen LogP contribution is -2.34. The average molecular weight is 298 g/mol. The van der Waals surface area contributed by atoms with Crippen LogP contribution in [0.2, 0.25) is 0 Å². The minimum atomic E-state index is -1.13. The molecular formula is C14H22N2O5. The molecule has 1 rings (SSSR count). The van der Waals surface area contributed by atoms with Crippen LogP contribution in [0.3, 0.4) is 0 Å². The van der Waals surface area contributed by atoms with Crippen LogP contribution in [0.5, 0.6) is 0 Å². The minimum Gasteiger partial charge on any atom is -0.444 e. The number of aliphatic hydroxyl groups is 2. The average Bonchev–Trinajstić information content (AvgIpc) is 2.84. The molecule has 0 aliphatic carbocycles. The minimum absolute atomic E-state index is 0.155. The number of hydrogen-bond donors (Lipinski definition) is 4. The molecule has 0 radical (unpaired) electrons. The summed E-state index contributed by atoms with van der Waals surface area (Å²) in [5.41, 5.74) is 0.156. The van der Waals surface area contributed by atoms with Gasteiger partial charge in [-0.3, -0.25) is 4.79 Å². The third-order valence-corrected chi connectivity index (χ3v) is 2.67. The zero-order valence-corrected chi connectivity index (χ0v) is 12.4. The summed E-state index contributed by atoms with van der Waals surface area (Å²) in [4.78, 5) is 24.6. The number of alkyl carbamates (subject to hydrolysis) is 1. The van der Waals surface area contributed by atoms with Crippen molar-refractivity contribution in [3.8, 4) is 0 Å². The molecule has 2 atom stereocenters. The Kier molecular flexibility index (Phi) is 5.92. The molecule has 0 spiro atoms. The fourth-order valence-electron chi connectivity index (χ4n) is 1.68. The Morgan fingerprint density at radius 2 is 2.14 bits per heavy atom. The predicted octanol–water partition coefficient (Wildman–Crippen LogP) is 1.14. The lowest BCUT2D eigenvalue weighted by molar-refractivity contribution is 0.0123. The van der Waals surface area contributed by atoms with Crippen LogP contribution in [0.15, 0.2) is 12.3 Å². The van der Waals surface area contributed by atoms with E-state index >= 15 is 0 Å². The Bertz CT molecular complexity index is 478. The number of aromatic amines is 1. The topological polar surface area (TPSA) is 112 Å². The SMILES string of the molecule is CC(C)(C)OC(=O)NCCC(O)C(O)c1c[nH]c(C=O)c1. The first-order valence-corrected chi connectivity index (χ1v) is 6.69. The monoisotopic (exact) mass is 298 g/mol. The van der Waals surface area contributed by atoms with Gasteiger partial charge < -0.3 is 25.3 Å². The molecule has 21 heavy (non-hydrogen) atoms. The third kappa shape index (κ3) is 5.97. The number of aldehydes is 1. The Hall–Kier alpha value is -1.86. The maximum Gasteiger partial charge on any atom is 0.407 e. The molecule has 0 saturated carbocycles. The summed E-state index contributed by atoms with van der Waals surface area (Å²) < 4.78 is 5.04. The first-order valence-electron chi connectivity index (χ1n) is 6.69. The van der Waals surface area contributed by atoms with Crippen molar-refractivity contribution in [2.24, 2.45) is 0 Å². The van der Waals surface area contributed by atoms with Gasteiger partial charge in [-0.25, -0.2) is 4.79 Å². The van der Waals surface area contributed by atoms with E-state index in [0.29, 0.717) is 17.5 Å². The molecule has 0 bridgehead atoms. The number of nitrogens with one attached hydrogen (secondary N) is 2. The van der Waals surface area contributed by atoms with Gasteiger partial charge in [-0.15, -0.1) is 0 Å². The van der Waals surface area contributed by atoms with Crippen LogP contribution >= 0.6 is 0 Å². The van der Waals surface area contributed by atoms with E-state index in [1.165, 1.54) is 12.3 Å². The van der Waals surface area contributed by atoms with Crippen molar-refractivity contribution in [2.45, 2.75) is 45.0 Å². The zero-order chi connectivity index (χ0) is 16.0. The third-order valence-electron chi connectivity index (χ3n) is 2.67. The summed E-state index contributed by atoms with van der Waals surface area (Å²) in [6, 6.07) is 1.46. The van der Waals surface area contributed by atoms with Gasteiger partial charge in [0.15, 0.2) is 6.29 Å². The molecule has 4 N–H and O–H groups in total. The van der Waals surface area contributed by atoms with Gasteiger partial charge in [0.2, 0.25) is 0 Å². The molecule has 0 fully saturated rings. The van der Waals surface area contributed by atoms with Crippen LogP contribution in [0.4, 0.5) is 4.79 Å². The summed E-state index contributed by atoms with van der Waals surface area (Å²) >= 11 is 0. The van der Waals surface area contributed by atoms with Crippen molar-refractivity contribution in [3.05, 3.63) is 23.5 Å². The molecule has 2 unspecified atom stereocenters. The highest BCUT2D eigenvalue weighted by atomic mass is 16.6. The van der Waals surface area contributed by atoms with E-state index in [1.807, 2.05) is 0 Å². The van der Waals surface area contributed by atoms with Crippen molar-refractivity contribution in [3.63, 3.8) is 0 Å². The number of H-pyrrole nitrogens is 1. The summed E-state index contributed by atoms with van der Waals surface area (Å²) in [6.07, 6.45) is -0.534. The molecule has 7 nitrogen and oxygen atoms in total. The van der Waals surface area contributed by atoms with Crippen molar-refractivity contribution in [1.82, 2.24) is 10.3 Å². The first-order chi connectivity index (χ1) is 9.73. The van der Waals surface area contributed by atoms with Gasteiger partial charge >= 0.3 is 6.09 Å². The summed E-state index contributed by atoms with van der Waals surface area (Å²) in [6.45, 7) is 5.42. The van der Waals surface area contributed by atoms with Gasteiger partial charge in [-0.2, -0.15) is 0 Å². The fraction of sp³-hybridized carbons (Fsp3) is 0.571. The smallest absolute Gasteiger partial charge is 0.407 e. The van der Waals surface area contributed by atoms with E-state index in [9.17, 15) is 19.8 Å². The first kappa shape index (κ1) is 17.2. The Balaban J connectivity index is 2.38. The van der Waals surface area contributed by atoms with Crippen molar-refractivity contribution in [1.29, 1.82) is 0 Å². The molecule has 0 aromatic carbocycles. The van der Waals surface area contributed by atoms with Crippen molar-refractivity contribution in [2.75, 3.05) is 6.54 Å². The number of carbonyl (C=O) groups excluding carboxylic acids is 2. The molecule has 0 aliphatic heterocycles. The van der Waals surface area contributed by atoms with Gasteiger partial charge in [0.1, 0.15) is 11.7 Å². The van der Waals surface area contributed by atoms with Crippen LogP contribution in [-0.4, -0.2) is 45.8 Å². The predicted molar refractivity (Wildman–Crippen MR) is 76.0 cm³/mol. The Morgan fingerprint density at radius 3 is 2.67 bits per heavy atom. The van der Waals surface area contributed by atoms with Gasteiger partial charge in [0, 0.05) is 18.3 Å². The van der Waals surface area contributed by atoms with Gasteiger partial charge in [0.25, 0.3) is 0 Å². The van der Waals surface area contributed by atoms with Gasteiger partial charge in [-0.1, -0.05) is 0 Å². The largest absolute Gasteiger partial charge is 0.444 e. The van der Waals surface area contributed by atoms with E-state index in [-0.39, 0.29) is 13.0 Å². The maximum absolute atomic E-state index is 11.4. The van der Waals surface area contributed by atoms with Gasteiger partial charge in [-0.05, 0) is 33.3 Å². The highest BCUT2D eigenvalue weighted by Gasteiger charge is 2.20. The zero-order valence-electron chi connectivity index (χ0n) is 12.4. The van der Waals surface area contributed by atoms with Crippen LogP contribution in [0.25, 0.3) is 0 Å². The quantitative estimate of drug-likeness (QED) is 0.588. The highest BCUT2D eigenvalue weighted by molar-refractivity contribution is 5.72. The maximum atomic E-state index is 11.4. The standard InChI is InChI=1S/C14H22N2O5/c1-14(2,3)21-13(20)15-5-4-11(18)12(19)9-6-10(8-17)16-7-9/h6-8,11-12,16,18-19H,4-5H2,1-3H3,(H,15,20). The Labute approximate surface area is 123 Å². The lowest BCUT2D eigenvalue weighted by Gasteiger charge is -2.21. The number of hydrogen-bond acceptors (Lipinski definition) is 5. The van der Waals surface area contributed by atoms with Crippen LogP contribution in [0.1, 0.15) is 49.3 Å². The number of ether oxygens (including phenoxy) is 1. The normalized spacial score (nSPS) is 14.3. The number of aliphatic hydroxyl groups excluding tert-OH is 2. The molecule has 0 aliphatic rings. The van der Waals surface area contributed by atoms with E-state index < -0.39 is 23.9 Å². The van der Waals surface area contributed by atoms with Gasteiger partial charge in [0.05, 0.1) is 11.8 Å². The number of rotatable bonds is 6. The number of aromatic nitrogens is 1. The summed E-state index contributed by atoms with van der Waals surface area (Å²) in [5.74, 6) is 0. The second-order valence-corrected chi connectivity index (χ2v) is 5.74. The second-order valence-electron chi connectivity index (χ2n) is 5.74. The van der Waals surface area contributed by atoms with Crippen molar-refractivity contribution >= 4 is 12.4 Å². The van der Waals surface area contributed by atoms with Crippen LogP contribution < -0.4 is 5.32 Å². The molecule has 118 valence electrons. The van der Waals surface area contributed by atoms with E-state index in [1.54, 1.807) is 20.8 Å². The Morgan fingerprint density at radius 1 is 1.48 bits per heavy atom. The molecule has 1 aromatic heterocycles. The summed E-state index contributed by atoms with van der Waals surface area (Å²) in [5, 5.41) is 22.3. The summed E-state index contributed by atoms with van der Waals surface area (Å²) in [7, 11) is 0. The number of amides is 1. The van der Waals surface area contributed by atoms with Crippen LogP contribution in [0, 0.1) is 0 Å². The molecule has 7 heteroatoms. The fourth-order valence-corrected chi connectivity index (χ4v) is 1.68. The molecular weight excluding hydrogens is 276 g/mol. The molecule has 1 aromatic rings. The van der Waals surface area contributed by atoms with E-state index in [2.05, 4.69) is 10.3 Å². The number of carbonyl (C=O) groups is 2. The highest BCUT2D eigenvalue weighted by Crippen LogP contribution is 2.19. The molecule has 1 heterocycles.